The second-order valence-corrected chi connectivity index (χ2v) is 3.28. The summed E-state index contributed by atoms with van der Waals surface area (Å²) in [6, 6.07) is 0.566. The Morgan fingerprint density at radius 1 is 1.62 bits per heavy atom. The van der Waals surface area contributed by atoms with Gasteiger partial charge in [0.05, 0.1) is 0 Å². The fourth-order valence-corrected chi connectivity index (χ4v) is 1.43. The summed E-state index contributed by atoms with van der Waals surface area (Å²) in [6.07, 6.45) is 8.45. The minimum Gasteiger partial charge on any atom is -0.409 e. The molecule has 0 radical (unpaired) electrons. The molecule has 1 atom stereocenters. The fraction of sp³-hybridized carbons (Fsp3) is 0.667. The predicted octanol–water partition coefficient (Wildman–Crippen LogP) is 0.821. The largest absolute Gasteiger partial charge is 0.409 e. The summed E-state index contributed by atoms with van der Waals surface area (Å²) in [5.74, 6) is 0.291. The normalized spacial score (nSPS) is 23.4. The molecular weight excluding hydrogens is 166 g/mol. The summed E-state index contributed by atoms with van der Waals surface area (Å²) in [5.41, 5.74) is 5.33. The lowest BCUT2D eigenvalue weighted by molar-refractivity contribution is 0.316. The Kier molecular flexibility index (Phi) is 4.32. The molecule has 4 nitrogen and oxygen atoms in total. The third-order valence-electron chi connectivity index (χ3n) is 2.21. The van der Waals surface area contributed by atoms with Gasteiger partial charge in [-0.15, -0.1) is 0 Å². The smallest absolute Gasteiger partial charge is 0.140 e. The van der Waals surface area contributed by atoms with Gasteiger partial charge in [0.2, 0.25) is 0 Å². The topological polar surface area (TPSA) is 70.6 Å². The zero-order valence-corrected chi connectivity index (χ0v) is 7.74. The van der Waals surface area contributed by atoms with Crippen LogP contribution in [-0.4, -0.2) is 23.6 Å². The van der Waals surface area contributed by atoms with Gasteiger partial charge in [0.15, 0.2) is 0 Å². The summed E-state index contributed by atoms with van der Waals surface area (Å²) < 4.78 is 0. The molecule has 0 aromatic carbocycles. The molecule has 1 unspecified atom stereocenters. The molecule has 1 rings (SSSR count). The van der Waals surface area contributed by atoms with Gasteiger partial charge >= 0.3 is 0 Å². The Hall–Kier alpha value is -1.03. The minimum atomic E-state index is 0.291. The highest BCUT2D eigenvalue weighted by molar-refractivity contribution is 5.79. The first-order valence-electron chi connectivity index (χ1n) is 4.67. The maximum atomic E-state index is 8.30. The number of amidine groups is 1. The molecule has 4 N–H and O–H groups in total. The molecule has 0 saturated heterocycles. The van der Waals surface area contributed by atoms with E-state index in [2.05, 4.69) is 22.6 Å². The van der Waals surface area contributed by atoms with Crippen molar-refractivity contribution in [3.8, 4) is 0 Å². The van der Waals surface area contributed by atoms with Gasteiger partial charge < -0.3 is 16.3 Å². The van der Waals surface area contributed by atoms with Crippen LogP contribution in [0.1, 0.15) is 25.7 Å². The molecular formula is C9H17N3O. The zero-order chi connectivity index (χ0) is 9.52. The van der Waals surface area contributed by atoms with E-state index in [4.69, 9.17) is 10.9 Å². The Morgan fingerprint density at radius 3 is 3.08 bits per heavy atom. The first-order chi connectivity index (χ1) is 6.33. The van der Waals surface area contributed by atoms with Gasteiger partial charge in [-0.05, 0) is 19.3 Å². The highest BCUT2D eigenvalue weighted by atomic mass is 16.4. The van der Waals surface area contributed by atoms with Crippen LogP contribution in [0.25, 0.3) is 0 Å². The van der Waals surface area contributed by atoms with Gasteiger partial charge in [-0.2, -0.15) is 0 Å². The summed E-state index contributed by atoms with van der Waals surface area (Å²) >= 11 is 0. The number of rotatable bonds is 4. The van der Waals surface area contributed by atoms with Crippen LogP contribution in [0.15, 0.2) is 17.3 Å². The summed E-state index contributed by atoms with van der Waals surface area (Å²) in [4.78, 5) is 0. The average Bonchev–Trinajstić information content (AvgIpc) is 2.19. The second-order valence-electron chi connectivity index (χ2n) is 3.28. The average molecular weight is 183 g/mol. The highest BCUT2D eigenvalue weighted by Gasteiger charge is 2.08. The van der Waals surface area contributed by atoms with Gasteiger partial charge in [-0.1, -0.05) is 17.3 Å². The van der Waals surface area contributed by atoms with E-state index in [0.29, 0.717) is 18.3 Å². The van der Waals surface area contributed by atoms with Crippen molar-refractivity contribution in [3.05, 3.63) is 12.2 Å². The molecule has 1 aliphatic carbocycles. The van der Waals surface area contributed by atoms with Gasteiger partial charge in [0.1, 0.15) is 5.84 Å². The lowest BCUT2D eigenvalue weighted by atomic mass is 10.0. The van der Waals surface area contributed by atoms with E-state index >= 15 is 0 Å². The molecule has 0 saturated carbocycles. The number of nitrogens with two attached hydrogens (primary N) is 1. The molecule has 74 valence electrons. The quantitative estimate of drug-likeness (QED) is 0.199. The van der Waals surface area contributed by atoms with Crippen molar-refractivity contribution in [2.45, 2.75) is 31.7 Å². The molecule has 0 aromatic heterocycles. The van der Waals surface area contributed by atoms with Gasteiger partial charge in [0, 0.05) is 19.0 Å². The fourth-order valence-electron chi connectivity index (χ4n) is 1.43. The van der Waals surface area contributed by atoms with Gasteiger partial charge in [-0.25, -0.2) is 0 Å². The monoisotopic (exact) mass is 183 g/mol. The molecule has 0 aromatic rings. The van der Waals surface area contributed by atoms with Crippen molar-refractivity contribution >= 4 is 5.84 Å². The van der Waals surface area contributed by atoms with Crippen LogP contribution in [0.5, 0.6) is 0 Å². The lowest BCUT2D eigenvalue weighted by Gasteiger charge is -2.18. The van der Waals surface area contributed by atoms with E-state index in [1.807, 2.05) is 0 Å². The van der Waals surface area contributed by atoms with Gasteiger partial charge in [0.25, 0.3) is 0 Å². The molecule has 13 heavy (non-hydrogen) atoms. The van der Waals surface area contributed by atoms with E-state index in [1.165, 1.54) is 6.42 Å². The number of allylic oxidation sites excluding steroid dienone is 1. The lowest BCUT2D eigenvalue weighted by Crippen LogP contribution is -2.32. The van der Waals surface area contributed by atoms with E-state index in [-0.39, 0.29) is 0 Å². The van der Waals surface area contributed by atoms with E-state index in [0.717, 1.165) is 19.4 Å². The van der Waals surface area contributed by atoms with Crippen LogP contribution in [0.3, 0.4) is 0 Å². The number of nitrogens with one attached hydrogen (secondary N) is 1. The standard InChI is InChI=1S/C9H17N3O/c10-9(12-13)6-7-11-8-4-2-1-3-5-8/h1-2,8,11,13H,3-7H2,(H2,10,12). The van der Waals surface area contributed by atoms with Crippen molar-refractivity contribution in [1.29, 1.82) is 0 Å². The molecule has 1 aliphatic rings. The maximum Gasteiger partial charge on any atom is 0.140 e. The molecule has 0 bridgehead atoms. The van der Waals surface area contributed by atoms with E-state index in [9.17, 15) is 0 Å². The van der Waals surface area contributed by atoms with Crippen LogP contribution < -0.4 is 11.1 Å². The third-order valence-corrected chi connectivity index (χ3v) is 2.21. The second kappa shape index (κ2) is 5.59. The first kappa shape index (κ1) is 10.1. The van der Waals surface area contributed by atoms with Crippen molar-refractivity contribution in [1.82, 2.24) is 5.32 Å². The summed E-state index contributed by atoms with van der Waals surface area (Å²) in [5, 5.41) is 14.6. The third kappa shape index (κ3) is 3.94. The Labute approximate surface area is 78.5 Å². The summed E-state index contributed by atoms with van der Waals surface area (Å²) in [6.45, 7) is 0.786. The number of oxime groups is 1. The van der Waals surface area contributed by atoms with Crippen molar-refractivity contribution in [2.75, 3.05) is 6.54 Å². The predicted molar refractivity (Wildman–Crippen MR) is 52.8 cm³/mol. The number of hydrogen-bond donors (Lipinski definition) is 3. The van der Waals surface area contributed by atoms with Crippen LogP contribution in [0.4, 0.5) is 0 Å². The Morgan fingerprint density at radius 2 is 2.46 bits per heavy atom. The molecule has 0 heterocycles. The Balaban J connectivity index is 2.08. The van der Waals surface area contributed by atoms with Crippen molar-refractivity contribution < 1.29 is 5.21 Å². The van der Waals surface area contributed by atoms with Gasteiger partial charge in [-0.3, -0.25) is 0 Å². The van der Waals surface area contributed by atoms with Crippen LogP contribution in [-0.2, 0) is 0 Å². The Bertz CT molecular complexity index is 201. The van der Waals surface area contributed by atoms with E-state index < -0.39 is 0 Å². The number of hydrogen-bond acceptors (Lipinski definition) is 3. The highest BCUT2D eigenvalue weighted by Crippen LogP contribution is 2.09. The first-order valence-corrected chi connectivity index (χ1v) is 4.67. The summed E-state index contributed by atoms with van der Waals surface area (Å²) in [7, 11) is 0. The molecule has 0 spiro atoms. The molecule has 0 aliphatic heterocycles. The molecule has 0 fully saturated rings. The van der Waals surface area contributed by atoms with Crippen LogP contribution in [0, 0.1) is 0 Å². The minimum absolute atomic E-state index is 0.291. The van der Waals surface area contributed by atoms with Crippen molar-refractivity contribution in [3.63, 3.8) is 0 Å². The van der Waals surface area contributed by atoms with Crippen LogP contribution >= 0.6 is 0 Å². The molecule has 0 amide bonds. The van der Waals surface area contributed by atoms with Crippen LogP contribution in [0.2, 0.25) is 0 Å². The van der Waals surface area contributed by atoms with E-state index in [1.54, 1.807) is 0 Å². The van der Waals surface area contributed by atoms with Crippen molar-refractivity contribution in [2.24, 2.45) is 10.9 Å². The zero-order valence-electron chi connectivity index (χ0n) is 7.74. The number of nitrogens with zero attached hydrogens (tertiary/aromatic N) is 1. The maximum absolute atomic E-state index is 8.30. The SMILES string of the molecule is NC(CCNC1CC=CCC1)=NO. The molecule has 4 heteroatoms.